The van der Waals surface area contributed by atoms with Crippen molar-refractivity contribution < 1.29 is 18.0 Å². The van der Waals surface area contributed by atoms with Crippen molar-refractivity contribution >= 4 is 21.8 Å². The minimum atomic E-state index is -4.40. The summed E-state index contributed by atoms with van der Waals surface area (Å²) in [5.74, 6) is -0.399. The fraction of sp³-hybridized carbons (Fsp3) is 0.286. The second kappa shape index (κ2) is 6.51. The van der Waals surface area contributed by atoms with Crippen LogP contribution in [0.5, 0.6) is 0 Å². The maximum Gasteiger partial charge on any atom is 0.416 e. The molecule has 1 aromatic carbocycles. The van der Waals surface area contributed by atoms with Crippen molar-refractivity contribution in [3.8, 4) is 0 Å². The highest BCUT2D eigenvalue weighted by atomic mass is 79.9. The Kier molecular flexibility index (Phi) is 4.90. The molecule has 0 unspecified atom stereocenters. The first-order valence-electron chi connectivity index (χ1n) is 6.48. The van der Waals surface area contributed by atoms with Gasteiger partial charge in [0.1, 0.15) is 5.69 Å². The molecule has 4 nitrogen and oxygen atoms in total. The summed E-state index contributed by atoms with van der Waals surface area (Å²) >= 11 is 3.23. The number of carbonyl (C=O) groups is 1. The van der Waals surface area contributed by atoms with Gasteiger partial charge in [-0.25, -0.2) is 0 Å². The monoisotopic (exact) mass is 375 g/mol. The largest absolute Gasteiger partial charge is 0.416 e. The van der Waals surface area contributed by atoms with Gasteiger partial charge in [-0.1, -0.05) is 12.1 Å². The first-order valence-corrected chi connectivity index (χ1v) is 7.28. The van der Waals surface area contributed by atoms with E-state index in [9.17, 15) is 18.0 Å². The lowest BCUT2D eigenvalue weighted by Crippen LogP contribution is -2.26. The number of hydrogen-bond acceptors (Lipinski definition) is 2. The Balaban J connectivity index is 2.10. The van der Waals surface area contributed by atoms with E-state index in [0.717, 1.165) is 12.1 Å². The molecule has 1 N–H and O–H groups in total. The number of nitrogens with zero attached hydrogens (tertiary/aromatic N) is 2. The van der Waals surface area contributed by atoms with Gasteiger partial charge in [0.2, 0.25) is 0 Å². The molecule has 0 saturated heterocycles. The molecular weight excluding hydrogens is 363 g/mol. The van der Waals surface area contributed by atoms with E-state index in [1.54, 1.807) is 0 Å². The molecule has 0 radical (unpaired) electrons. The van der Waals surface area contributed by atoms with Crippen molar-refractivity contribution in [3.63, 3.8) is 0 Å². The predicted octanol–water partition coefficient (Wildman–Crippen LogP) is 3.61. The average molecular weight is 376 g/mol. The first kappa shape index (κ1) is 16.5. The number of aryl methyl sites for hydroxylation is 1. The normalized spacial score (nSPS) is 11.5. The van der Waals surface area contributed by atoms with Crippen LogP contribution in [-0.2, 0) is 19.3 Å². The van der Waals surface area contributed by atoms with E-state index in [1.807, 2.05) is 6.92 Å². The third-order valence-electron chi connectivity index (χ3n) is 3.02. The molecule has 0 atom stereocenters. The maximum atomic E-state index is 12.6. The number of rotatable bonds is 4. The SMILES string of the molecule is CCn1ncc(Br)c1C(=O)NCc1cccc(C(F)(F)F)c1. The Morgan fingerprint density at radius 2 is 2.14 bits per heavy atom. The molecule has 2 rings (SSSR count). The van der Waals surface area contributed by atoms with Crippen molar-refractivity contribution in [2.45, 2.75) is 26.2 Å². The van der Waals surface area contributed by atoms with Gasteiger partial charge >= 0.3 is 6.18 Å². The number of hydrogen-bond donors (Lipinski definition) is 1. The van der Waals surface area contributed by atoms with Gasteiger partial charge in [0, 0.05) is 13.1 Å². The number of carbonyl (C=O) groups excluding carboxylic acids is 1. The van der Waals surface area contributed by atoms with Crippen LogP contribution >= 0.6 is 15.9 Å². The Morgan fingerprint density at radius 3 is 2.77 bits per heavy atom. The highest BCUT2D eigenvalue weighted by Crippen LogP contribution is 2.29. The molecule has 0 bridgehead atoms. The summed E-state index contributed by atoms with van der Waals surface area (Å²) in [6.45, 7) is 2.35. The number of aromatic nitrogens is 2. The van der Waals surface area contributed by atoms with E-state index in [1.165, 1.54) is 23.0 Å². The lowest BCUT2D eigenvalue weighted by atomic mass is 10.1. The average Bonchev–Trinajstić information content (AvgIpc) is 2.85. The quantitative estimate of drug-likeness (QED) is 0.886. The third kappa shape index (κ3) is 3.68. The highest BCUT2D eigenvalue weighted by Gasteiger charge is 2.30. The summed E-state index contributed by atoms with van der Waals surface area (Å²) in [6, 6.07) is 4.86. The van der Waals surface area contributed by atoms with Gasteiger partial charge in [0.25, 0.3) is 5.91 Å². The van der Waals surface area contributed by atoms with Gasteiger partial charge in [-0.15, -0.1) is 0 Å². The summed E-state index contributed by atoms with van der Waals surface area (Å²) in [4.78, 5) is 12.1. The van der Waals surface area contributed by atoms with Gasteiger partial charge in [-0.05, 0) is 40.5 Å². The van der Waals surface area contributed by atoms with Gasteiger partial charge in [0.15, 0.2) is 0 Å². The van der Waals surface area contributed by atoms with Crippen LogP contribution in [0.4, 0.5) is 13.2 Å². The summed E-state index contributed by atoms with van der Waals surface area (Å²) in [5, 5.41) is 6.62. The van der Waals surface area contributed by atoms with Crippen LogP contribution in [0.25, 0.3) is 0 Å². The fourth-order valence-electron chi connectivity index (χ4n) is 1.95. The van der Waals surface area contributed by atoms with E-state index < -0.39 is 17.6 Å². The molecule has 0 aliphatic carbocycles. The zero-order valence-corrected chi connectivity index (χ0v) is 13.2. The molecule has 0 fully saturated rings. The van der Waals surface area contributed by atoms with Gasteiger partial charge in [0.05, 0.1) is 16.2 Å². The molecule has 1 heterocycles. The maximum absolute atomic E-state index is 12.6. The molecule has 0 saturated carbocycles. The van der Waals surface area contributed by atoms with Crippen LogP contribution in [0.2, 0.25) is 0 Å². The Morgan fingerprint density at radius 1 is 1.41 bits per heavy atom. The van der Waals surface area contributed by atoms with Crippen molar-refractivity contribution in [2.24, 2.45) is 0 Å². The molecule has 0 aliphatic heterocycles. The van der Waals surface area contributed by atoms with E-state index in [4.69, 9.17) is 0 Å². The van der Waals surface area contributed by atoms with Crippen LogP contribution in [0, 0.1) is 0 Å². The topological polar surface area (TPSA) is 46.9 Å². The third-order valence-corrected chi connectivity index (χ3v) is 3.60. The van der Waals surface area contributed by atoms with E-state index in [-0.39, 0.29) is 6.54 Å². The van der Waals surface area contributed by atoms with Crippen molar-refractivity contribution in [1.29, 1.82) is 0 Å². The smallest absolute Gasteiger partial charge is 0.347 e. The Hall–Kier alpha value is -1.83. The first-order chi connectivity index (χ1) is 10.3. The lowest BCUT2D eigenvalue weighted by molar-refractivity contribution is -0.137. The molecule has 8 heteroatoms. The zero-order chi connectivity index (χ0) is 16.3. The minimum Gasteiger partial charge on any atom is -0.347 e. The van der Waals surface area contributed by atoms with Crippen molar-refractivity contribution in [3.05, 3.63) is 51.8 Å². The number of benzene rings is 1. The predicted molar refractivity (Wildman–Crippen MR) is 78.2 cm³/mol. The molecule has 2 aromatic rings. The van der Waals surface area contributed by atoms with Crippen LogP contribution in [0.3, 0.4) is 0 Å². The molecule has 1 amide bonds. The van der Waals surface area contributed by atoms with Crippen LogP contribution < -0.4 is 5.32 Å². The van der Waals surface area contributed by atoms with Crippen molar-refractivity contribution in [1.82, 2.24) is 15.1 Å². The molecular formula is C14H13BrF3N3O. The number of nitrogens with one attached hydrogen (secondary N) is 1. The second-order valence-electron chi connectivity index (χ2n) is 4.54. The molecule has 0 aliphatic rings. The fourth-order valence-corrected chi connectivity index (χ4v) is 2.43. The summed E-state index contributed by atoms with van der Waals surface area (Å²) in [5.41, 5.74) is -0.0182. The molecule has 1 aromatic heterocycles. The summed E-state index contributed by atoms with van der Waals surface area (Å²) in [7, 11) is 0. The van der Waals surface area contributed by atoms with E-state index >= 15 is 0 Å². The highest BCUT2D eigenvalue weighted by molar-refractivity contribution is 9.10. The second-order valence-corrected chi connectivity index (χ2v) is 5.39. The van der Waals surface area contributed by atoms with Gasteiger partial charge < -0.3 is 5.32 Å². The van der Waals surface area contributed by atoms with Gasteiger partial charge in [-0.3, -0.25) is 9.48 Å². The minimum absolute atomic E-state index is 0.00406. The number of amides is 1. The van der Waals surface area contributed by atoms with E-state index in [2.05, 4.69) is 26.3 Å². The lowest BCUT2D eigenvalue weighted by Gasteiger charge is -2.10. The Bertz CT molecular complexity index is 682. The van der Waals surface area contributed by atoms with Crippen LogP contribution in [0.15, 0.2) is 34.9 Å². The number of alkyl halides is 3. The number of halogens is 4. The zero-order valence-electron chi connectivity index (χ0n) is 11.6. The molecule has 118 valence electrons. The standard InChI is InChI=1S/C14H13BrF3N3O/c1-2-21-12(11(15)8-20-21)13(22)19-7-9-4-3-5-10(6-9)14(16,17)18/h3-6,8H,2,7H2,1H3,(H,19,22). The van der Waals surface area contributed by atoms with Gasteiger partial charge in [-0.2, -0.15) is 18.3 Å². The van der Waals surface area contributed by atoms with Crippen LogP contribution in [-0.4, -0.2) is 15.7 Å². The molecule has 0 spiro atoms. The van der Waals surface area contributed by atoms with Crippen LogP contribution in [0.1, 0.15) is 28.5 Å². The summed E-state index contributed by atoms with van der Waals surface area (Å²) < 4.78 is 40.0. The molecule has 22 heavy (non-hydrogen) atoms. The summed E-state index contributed by atoms with van der Waals surface area (Å²) in [6.07, 6.45) is -2.90. The van der Waals surface area contributed by atoms with E-state index in [0.29, 0.717) is 22.3 Å². The van der Waals surface area contributed by atoms with Crippen molar-refractivity contribution in [2.75, 3.05) is 0 Å². The Labute approximate surface area is 133 Å².